The van der Waals surface area contributed by atoms with Crippen LogP contribution in [0.5, 0.6) is 0 Å². The Kier molecular flexibility index (Phi) is 3.56. The smallest absolute Gasteiger partial charge is 0.159 e. The molecule has 0 amide bonds. The molecule has 0 unspecified atom stereocenters. The molecule has 0 radical (unpaired) electrons. The molecule has 100 valence electrons. The molecule has 18 heavy (non-hydrogen) atoms. The molecule has 1 aromatic carbocycles. The second kappa shape index (κ2) is 4.70. The van der Waals surface area contributed by atoms with E-state index in [1.54, 1.807) is 0 Å². The van der Waals surface area contributed by atoms with Gasteiger partial charge >= 0.3 is 0 Å². The number of hydrogen-bond donors (Lipinski definition) is 1. The SMILES string of the molecule is CC(C)(C)[S@](=O)N[C@H]1CCc2cc(F)c(F)cc21. The van der Waals surface area contributed by atoms with E-state index in [9.17, 15) is 13.0 Å². The molecule has 0 aliphatic heterocycles. The van der Waals surface area contributed by atoms with Crippen LogP contribution in [0, 0.1) is 11.6 Å². The zero-order valence-corrected chi connectivity index (χ0v) is 11.5. The van der Waals surface area contributed by atoms with Crippen molar-refractivity contribution in [2.75, 3.05) is 0 Å². The van der Waals surface area contributed by atoms with Crippen molar-refractivity contribution in [1.82, 2.24) is 4.72 Å². The fourth-order valence-electron chi connectivity index (χ4n) is 2.03. The highest BCUT2D eigenvalue weighted by atomic mass is 32.2. The minimum absolute atomic E-state index is 0.157. The van der Waals surface area contributed by atoms with Crippen molar-refractivity contribution in [1.29, 1.82) is 0 Å². The first-order chi connectivity index (χ1) is 8.29. The Morgan fingerprint density at radius 2 is 1.89 bits per heavy atom. The highest BCUT2D eigenvalue weighted by Gasteiger charge is 2.29. The van der Waals surface area contributed by atoms with Crippen LogP contribution in [-0.4, -0.2) is 8.96 Å². The van der Waals surface area contributed by atoms with Crippen LogP contribution in [0.4, 0.5) is 8.78 Å². The van der Waals surface area contributed by atoms with E-state index in [0.29, 0.717) is 6.42 Å². The van der Waals surface area contributed by atoms with Gasteiger partial charge in [0.2, 0.25) is 0 Å². The third kappa shape index (κ3) is 2.62. The molecule has 0 saturated carbocycles. The molecule has 0 spiro atoms. The molecule has 2 atom stereocenters. The maximum Gasteiger partial charge on any atom is 0.159 e. The highest BCUT2D eigenvalue weighted by molar-refractivity contribution is 7.84. The van der Waals surface area contributed by atoms with Crippen LogP contribution >= 0.6 is 0 Å². The minimum Gasteiger partial charge on any atom is -0.242 e. The van der Waals surface area contributed by atoms with Gasteiger partial charge in [0.25, 0.3) is 0 Å². The van der Waals surface area contributed by atoms with Crippen LogP contribution < -0.4 is 4.72 Å². The molecular weight excluding hydrogens is 256 g/mol. The van der Waals surface area contributed by atoms with Gasteiger partial charge in [-0.15, -0.1) is 0 Å². The number of aryl methyl sites for hydroxylation is 1. The topological polar surface area (TPSA) is 29.1 Å². The van der Waals surface area contributed by atoms with E-state index in [-0.39, 0.29) is 10.8 Å². The fraction of sp³-hybridized carbons (Fsp3) is 0.538. The van der Waals surface area contributed by atoms with Crippen molar-refractivity contribution in [2.24, 2.45) is 0 Å². The van der Waals surface area contributed by atoms with Gasteiger partial charge in [-0.25, -0.2) is 17.7 Å². The molecule has 1 aliphatic rings. The Hall–Kier alpha value is -0.810. The lowest BCUT2D eigenvalue weighted by Crippen LogP contribution is -2.35. The third-order valence-electron chi connectivity index (χ3n) is 3.07. The molecule has 1 N–H and O–H groups in total. The van der Waals surface area contributed by atoms with Gasteiger partial charge in [-0.1, -0.05) is 0 Å². The van der Waals surface area contributed by atoms with E-state index in [0.717, 1.165) is 17.5 Å². The molecule has 0 bridgehead atoms. The Labute approximate surface area is 108 Å². The average Bonchev–Trinajstić information content (AvgIpc) is 2.61. The van der Waals surface area contributed by atoms with Crippen molar-refractivity contribution in [3.8, 4) is 0 Å². The normalized spacial score (nSPS) is 20.8. The highest BCUT2D eigenvalue weighted by Crippen LogP contribution is 2.33. The van der Waals surface area contributed by atoms with Crippen molar-refractivity contribution in [3.63, 3.8) is 0 Å². The molecule has 0 fully saturated rings. The first-order valence-electron chi connectivity index (χ1n) is 5.95. The summed E-state index contributed by atoms with van der Waals surface area (Å²) in [6.45, 7) is 5.62. The number of halogens is 2. The maximum absolute atomic E-state index is 13.2. The number of fused-ring (bicyclic) bond motifs is 1. The molecule has 5 heteroatoms. The Bertz CT molecular complexity index is 496. The van der Waals surface area contributed by atoms with Crippen LogP contribution in [0.15, 0.2) is 12.1 Å². The second-order valence-electron chi connectivity index (χ2n) is 5.56. The second-order valence-corrected chi connectivity index (χ2v) is 7.55. The predicted octanol–water partition coefficient (Wildman–Crippen LogP) is 3.00. The van der Waals surface area contributed by atoms with E-state index in [1.807, 2.05) is 20.8 Å². The van der Waals surface area contributed by atoms with E-state index < -0.39 is 22.6 Å². The monoisotopic (exact) mass is 273 g/mol. The standard InChI is InChI=1S/C13H17F2NOS/c1-13(2,3)18(17)16-12-5-4-8-6-10(14)11(15)7-9(8)12/h6-7,12,16H,4-5H2,1-3H3/t12-,18-/m0/s1. The van der Waals surface area contributed by atoms with Gasteiger partial charge in [-0.2, -0.15) is 0 Å². The molecule has 0 heterocycles. The summed E-state index contributed by atoms with van der Waals surface area (Å²) in [6, 6.07) is 2.30. The van der Waals surface area contributed by atoms with Crippen molar-refractivity contribution in [3.05, 3.63) is 34.9 Å². The van der Waals surface area contributed by atoms with E-state index >= 15 is 0 Å². The Morgan fingerprint density at radius 3 is 2.50 bits per heavy atom. The van der Waals surface area contributed by atoms with Gasteiger partial charge < -0.3 is 0 Å². The van der Waals surface area contributed by atoms with Crippen LogP contribution in [0.25, 0.3) is 0 Å². The van der Waals surface area contributed by atoms with Crippen LogP contribution in [0.3, 0.4) is 0 Å². The Balaban J connectivity index is 2.22. The molecule has 2 rings (SSSR count). The van der Waals surface area contributed by atoms with Gasteiger partial charge in [-0.3, -0.25) is 0 Å². The van der Waals surface area contributed by atoms with E-state index in [4.69, 9.17) is 0 Å². The van der Waals surface area contributed by atoms with Gasteiger partial charge in [0.1, 0.15) is 0 Å². The molecule has 2 nitrogen and oxygen atoms in total. The lowest BCUT2D eigenvalue weighted by molar-refractivity contribution is 0.505. The molecule has 1 aliphatic carbocycles. The van der Waals surface area contributed by atoms with Crippen molar-refractivity contribution >= 4 is 11.0 Å². The molecule has 1 aromatic rings. The average molecular weight is 273 g/mol. The van der Waals surface area contributed by atoms with Gasteiger partial charge in [0.05, 0.1) is 15.7 Å². The zero-order chi connectivity index (χ0) is 13.5. The quantitative estimate of drug-likeness (QED) is 0.881. The van der Waals surface area contributed by atoms with E-state index in [2.05, 4.69) is 4.72 Å². The number of benzene rings is 1. The maximum atomic E-state index is 13.2. The first-order valence-corrected chi connectivity index (χ1v) is 7.10. The van der Waals surface area contributed by atoms with Crippen LogP contribution in [0.2, 0.25) is 0 Å². The first kappa shape index (κ1) is 13.6. The van der Waals surface area contributed by atoms with E-state index in [1.165, 1.54) is 12.1 Å². The van der Waals surface area contributed by atoms with Crippen LogP contribution in [0.1, 0.15) is 44.4 Å². The summed E-state index contributed by atoms with van der Waals surface area (Å²) in [7, 11) is -1.21. The van der Waals surface area contributed by atoms with Crippen LogP contribution in [-0.2, 0) is 17.4 Å². The van der Waals surface area contributed by atoms with Crippen molar-refractivity contribution < 1.29 is 13.0 Å². The summed E-state index contributed by atoms with van der Waals surface area (Å²) in [6.07, 6.45) is 1.41. The summed E-state index contributed by atoms with van der Waals surface area (Å²) in [5.41, 5.74) is 1.53. The van der Waals surface area contributed by atoms with Gasteiger partial charge in [0.15, 0.2) is 11.6 Å². The number of hydrogen-bond acceptors (Lipinski definition) is 1. The predicted molar refractivity (Wildman–Crippen MR) is 68.5 cm³/mol. The molecule has 0 aromatic heterocycles. The largest absolute Gasteiger partial charge is 0.242 e. The molecular formula is C13H17F2NOS. The lowest BCUT2D eigenvalue weighted by atomic mass is 10.1. The summed E-state index contributed by atoms with van der Waals surface area (Å²) >= 11 is 0. The summed E-state index contributed by atoms with van der Waals surface area (Å²) in [5, 5.41) is 0. The summed E-state index contributed by atoms with van der Waals surface area (Å²) in [4.78, 5) is 0. The van der Waals surface area contributed by atoms with Gasteiger partial charge in [-0.05, 0) is 56.9 Å². The lowest BCUT2D eigenvalue weighted by Gasteiger charge is -2.22. The number of rotatable bonds is 2. The zero-order valence-electron chi connectivity index (χ0n) is 10.7. The summed E-state index contributed by atoms with van der Waals surface area (Å²) in [5.74, 6) is -1.66. The third-order valence-corrected chi connectivity index (χ3v) is 4.68. The van der Waals surface area contributed by atoms with Crippen molar-refractivity contribution in [2.45, 2.75) is 44.4 Å². The fourth-order valence-corrected chi connectivity index (χ4v) is 2.88. The van der Waals surface area contributed by atoms with Gasteiger partial charge in [0, 0.05) is 6.04 Å². The Morgan fingerprint density at radius 1 is 1.28 bits per heavy atom. The summed E-state index contributed by atoms with van der Waals surface area (Å²) < 4.78 is 41.0. The minimum atomic E-state index is -1.21. The number of nitrogens with one attached hydrogen (secondary N) is 1. The molecule has 0 saturated heterocycles.